The van der Waals surface area contributed by atoms with Crippen molar-refractivity contribution in [2.75, 3.05) is 52.2 Å². The molecule has 0 radical (unpaired) electrons. The minimum absolute atomic E-state index is 0.0336. The number of hydrogen-bond acceptors (Lipinski definition) is 5. The van der Waals surface area contributed by atoms with Gasteiger partial charge in [-0.2, -0.15) is 0 Å². The first-order valence-corrected chi connectivity index (χ1v) is 12.8. The molecule has 1 atom stereocenters. The number of hydrogen-bond donors (Lipinski definition) is 0. The fourth-order valence-corrected chi connectivity index (χ4v) is 8.06. The molecule has 4 rings (SSSR count). The minimum atomic E-state index is -3.16. The zero-order valence-corrected chi connectivity index (χ0v) is 19.3. The molecule has 0 bridgehead atoms. The van der Waals surface area contributed by atoms with Crippen LogP contribution in [0, 0.1) is 19.8 Å². The van der Waals surface area contributed by atoms with Crippen molar-refractivity contribution in [1.82, 2.24) is 14.4 Å². The van der Waals surface area contributed by atoms with E-state index in [0.717, 1.165) is 50.4 Å². The van der Waals surface area contributed by atoms with Crippen molar-refractivity contribution in [3.8, 4) is 0 Å². The van der Waals surface area contributed by atoms with Crippen molar-refractivity contribution in [3.63, 3.8) is 0 Å². The van der Waals surface area contributed by atoms with Crippen LogP contribution in [0.15, 0.2) is 6.07 Å². The van der Waals surface area contributed by atoms with Gasteiger partial charge in [0, 0.05) is 51.3 Å². The predicted molar refractivity (Wildman–Crippen MR) is 117 cm³/mol. The fourth-order valence-electron chi connectivity index (χ4n) is 5.65. The molecule has 0 aliphatic carbocycles. The standard InChI is InChI=1S/C22H35N3O4S/c1-17-13-20(18(2)25(17)10-6-11-29-3)21(26)24-15-22(16-24)19(7-12-30(22,27)28)14-23-8-4-5-9-23/h13,19H,4-12,14-16H2,1-3H3. The minimum Gasteiger partial charge on any atom is -0.385 e. The lowest BCUT2D eigenvalue weighted by Gasteiger charge is -2.50. The number of ether oxygens (including phenoxy) is 1. The van der Waals surface area contributed by atoms with Crippen LogP contribution in [-0.2, 0) is 21.1 Å². The van der Waals surface area contributed by atoms with Crippen LogP contribution >= 0.6 is 0 Å². The quantitative estimate of drug-likeness (QED) is 0.609. The summed E-state index contributed by atoms with van der Waals surface area (Å²) in [5.74, 6) is 0.376. The summed E-state index contributed by atoms with van der Waals surface area (Å²) in [7, 11) is -1.46. The second-order valence-electron chi connectivity index (χ2n) is 9.32. The number of nitrogens with zero attached hydrogens (tertiary/aromatic N) is 3. The zero-order chi connectivity index (χ0) is 21.5. The summed E-state index contributed by atoms with van der Waals surface area (Å²) in [6, 6.07) is 1.94. The Kier molecular flexibility index (Phi) is 6.03. The third-order valence-electron chi connectivity index (χ3n) is 7.51. The van der Waals surface area contributed by atoms with Crippen molar-refractivity contribution in [1.29, 1.82) is 0 Å². The first kappa shape index (κ1) is 21.8. The highest BCUT2D eigenvalue weighted by atomic mass is 32.2. The van der Waals surface area contributed by atoms with E-state index in [1.807, 2.05) is 19.9 Å². The van der Waals surface area contributed by atoms with Crippen LogP contribution in [0.1, 0.15) is 47.4 Å². The molecule has 7 nitrogen and oxygen atoms in total. The number of sulfone groups is 1. The van der Waals surface area contributed by atoms with Crippen LogP contribution in [0.25, 0.3) is 0 Å². The second kappa shape index (κ2) is 8.28. The van der Waals surface area contributed by atoms with E-state index in [0.29, 0.717) is 25.3 Å². The Bertz CT molecular complexity index is 896. The summed E-state index contributed by atoms with van der Waals surface area (Å²) >= 11 is 0. The maximum absolute atomic E-state index is 13.2. The smallest absolute Gasteiger partial charge is 0.255 e. The molecule has 1 aromatic heterocycles. The van der Waals surface area contributed by atoms with Gasteiger partial charge in [0.2, 0.25) is 0 Å². The van der Waals surface area contributed by atoms with Gasteiger partial charge in [-0.1, -0.05) is 0 Å². The average Bonchev–Trinajstić information content (AvgIpc) is 3.34. The van der Waals surface area contributed by atoms with Crippen LogP contribution in [0.2, 0.25) is 0 Å². The number of amides is 1. The average molecular weight is 438 g/mol. The molecular weight excluding hydrogens is 402 g/mol. The first-order chi connectivity index (χ1) is 14.3. The summed E-state index contributed by atoms with van der Waals surface area (Å²) < 4.78 is 32.5. The van der Waals surface area contributed by atoms with Gasteiger partial charge in [-0.05, 0) is 64.6 Å². The molecule has 3 saturated heterocycles. The molecule has 1 aromatic rings. The summed E-state index contributed by atoms with van der Waals surface area (Å²) in [4.78, 5) is 17.4. The zero-order valence-electron chi connectivity index (χ0n) is 18.5. The Morgan fingerprint density at radius 2 is 1.93 bits per heavy atom. The maximum Gasteiger partial charge on any atom is 0.255 e. The Hall–Kier alpha value is -1.38. The molecule has 30 heavy (non-hydrogen) atoms. The molecule has 0 saturated carbocycles. The molecule has 1 amide bonds. The van der Waals surface area contributed by atoms with Crippen molar-refractivity contribution in [2.24, 2.45) is 5.92 Å². The largest absolute Gasteiger partial charge is 0.385 e. The topological polar surface area (TPSA) is 71.8 Å². The van der Waals surface area contributed by atoms with E-state index in [9.17, 15) is 13.2 Å². The van der Waals surface area contributed by atoms with Crippen molar-refractivity contribution < 1.29 is 17.9 Å². The number of methoxy groups -OCH3 is 1. The van der Waals surface area contributed by atoms with E-state index >= 15 is 0 Å². The van der Waals surface area contributed by atoms with Crippen molar-refractivity contribution >= 4 is 15.7 Å². The van der Waals surface area contributed by atoms with Gasteiger partial charge in [0.25, 0.3) is 5.91 Å². The molecule has 8 heteroatoms. The van der Waals surface area contributed by atoms with Gasteiger partial charge in [0.1, 0.15) is 4.75 Å². The van der Waals surface area contributed by atoms with Gasteiger partial charge < -0.3 is 19.1 Å². The lowest BCUT2D eigenvalue weighted by molar-refractivity contribution is 0.0432. The van der Waals surface area contributed by atoms with Crippen LogP contribution in [0.5, 0.6) is 0 Å². The number of aromatic nitrogens is 1. The van der Waals surface area contributed by atoms with Gasteiger partial charge in [-0.25, -0.2) is 8.42 Å². The van der Waals surface area contributed by atoms with Crippen molar-refractivity contribution in [2.45, 2.75) is 50.8 Å². The number of carbonyl (C=O) groups is 1. The van der Waals surface area contributed by atoms with E-state index in [1.165, 1.54) is 12.8 Å². The molecule has 0 N–H and O–H groups in total. The highest BCUT2D eigenvalue weighted by Crippen LogP contribution is 2.45. The molecule has 1 spiro atoms. The Balaban J connectivity index is 1.47. The predicted octanol–water partition coefficient (Wildman–Crippen LogP) is 1.87. The molecule has 3 aliphatic rings. The molecule has 3 aliphatic heterocycles. The molecular formula is C22H35N3O4S. The lowest BCUT2D eigenvalue weighted by atomic mass is 9.82. The summed E-state index contributed by atoms with van der Waals surface area (Å²) in [5, 5.41) is 0. The van der Waals surface area contributed by atoms with Crippen molar-refractivity contribution in [3.05, 3.63) is 23.0 Å². The third-order valence-corrected chi connectivity index (χ3v) is 10.1. The van der Waals surface area contributed by atoms with Crippen LogP contribution < -0.4 is 0 Å². The summed E-state index contributed by atoms with van der Waals surface area (Å²) in [6.07, 6.45) is 4.03. The van der Waals surface area contributed by atoms with Gasteiger partial charge >= 0.3 is 0 Å². The molecule has 0 aromatic carbocycles. The third kappa shape index (κ3) is 3.60. The lowest BCUT2D eigenvalue weighted by Crippen LogP contribution is -2.69. The number of likely N-dealkylation sites (tertiary alicyclic amines) is 2. The highest BCUT2D eigenvalue weighted by Gasteiger charge is 2.62. The van der Waals surface area contributed by atoms with Gasteiger partial charge in [-0.3, -0.25) is 4.79 Å². The Morgan fingerprint density at radius 3 is 2.60 bits per heavy atom. The van der Waals surface area contributed by atoms with E-state index in [1.54, 1.807) is 12.0 Å². The highest BCUT2D eigenvalue weighted by molar-refractivity contribution is 7.93. The van der Waals surface area contributed by atoms with E-state index in [-0.39, 0.29) is 17.6 Å². The van der Waals surface area contributed by atoms with Gasteiger partial charge in [0.15, 0.2) is 9.84 Å². The molecule has 3 fully saturated rings. The summed E-state index contributed by atoms with van der Waals surface area (Å²) in [5.41, 5.74) is 2.71. The van der Waals surface area contributed by atoms with E-state index < -0.39 is 14.6 Å². The Morgan fingerprint density at radius 1 is 1.23 bits per heavy atom. The fraction of sp³-hybridized carbons (Fsp3) is 0.773. The number of rotatable bonds is 7. The summed E-state index contributed by atoms with van der Waals surface area (Å²) in [6.45, 7) is 9.19. The maximum atomic E-state index is 13.2. The van der Waals surface area contributed by atoms with Crippen LogP contribution in [0.4, 0.5) is 0 Å². The monoisotopic (exact) mass is 437 g/mol. The van der Waals surface area contributed by atoms with Crippen LogP contribution in [0.3, 0.4) is 0 Å². The molecule has 1 unspecified atom stereocenters. The van der Waals surface area contributed by atoms with E-state index in [2.05, 4.69) is 9.47 Å². The van der Waals surface area contributed by atoms with Gasteiger partial charge in [0.05, 0.1) is 11.3 Å². The van der Waals surface area contributed by atoms with Crippen LogP contribution in [-0.4, -0.2) is 85.6 Å². The first-order valence-electron chi connectivity index (χ1n) is 11.2. The number of carbonyl (C=O) groups excluding carboxylic acids is 1. The molecule has 168 valence electrons. The molecule has 4 heterocycles. The number of aryl methyl sites for hydroxylation is 1. The van der Waals surface area contributed by atoms with E-state index in [4.69, 9.17) is 4.74 Å². The Labute approximate surface area is 180 Å². The van der Waals surface area contributed by atoms with Gasteiger partial charge in [-0.15, -0.1) is 0 Å². The normalized spacial score (nSPS) is 25.2. The SMILES string of the molecule is COCCCn1c(C)cc(C(=O)N2CC3(C2)C(CN2CCCC2)CCS3(=O)=O)c1C. The second-order valence-corrected chi connectivity index (χ2v) is 11.8.